The third-order valence-corrected chi connectivity index (χ3v) is 9.80. The van der Waals surface area contributed by atoms with E-state index in [1.807, 2.05) is 30.3 Å². The molecular formula is C31H48N4O3S. The van der Waals surface area contributed by atoms with Crippen molar-refractivity contribution in [2.75, 3.05) is 5.32 Å². The summed E-state index contributed by atoms with van der Waals surface area (Å²) in [7, 11) is 0. The van der Waals surface area contributed by atoms with Gasteiger partial charge in [-0.05, 0) is 89.3 Å². The minimum Gasteiger partial charge on any atom is -0.375 e. The number of hydrogen-bond acceptors (Lipinski definition) is 6. The summed E-state index contributed by atoms with van der Waals surface area (Å²) in [5.41, 5.74) is 11.5. The van der Waals surface area contributed by atoms with Crippen LogP contribution in [0.2, 0.25) is 0 Å². The van der Waals surface area contributed by atoms with E-state index in [1.54, 1.807) is 11.9 Å². The van der Waals surface area contributed by atoms with Gasteiger partial charge in [-0.2, -0.15) is 0 Å². The molecule has 0 spiro atoms. The molecular weight excluding hydrogens is 508 g/mol. The van der Waals surface area contributed by atoms with Gasteiger partial charge in [-0.3, -0.25) is 19.1 Å². The Morgan fingerprint density at radius 1 is 1.00 bits per heavy atom. The average molecular weight is 557 g/mol. The summed E-state index contributed by atoms with van der Waals surface area (Å²) in [4.78, 5) is 36.9. The van der Waals surface area contributed by atoms with E-state index in [0.717, 1.165) is 44.2 Å². The summed E-state index contributed by atoms with van der Waals surface area (Å²) in [5, 5.41) is 3.42. The molecule has 3 rings (SSSR count). The first kappa shape index (κ1) is 31.2. The van der Waals surface area contributed by atoms with Gasteiger partial charge >= 0.3 is 0 Å². The Labute approximate surface area is 238 Å². The van der Waals surface area contributed by atoms with Gasteiger partial charge in [-0.15, -0.1) is 0 Å². The fourth-order valence-corrected chi connectivity index (χ4v) is 5.86. The normalized spacial score (nSPS) is 24.6. The van der Waals surface area contributed by atoms with Crippen LogP contribution in [0.5, 0.6) is 0 Å². The van der Waals surface area contributed by atoms with Gasteiger partial charge in [0.2, 0.25) is 11.8 Å². The zero-order valence-corrected chi connectivity index (χ0v) is 24.8. The summed E-state index contributed by atoms with van der Waals surface area (Å²) in [6, 6.07) is 8.97. The molecule has 0 saturated heterocycles. The Morgan fingerprint density at radius 2 is 1.69 bits per heavy atom. The molecule has 1 unspecified atom stereocenters. The van der Waals surface area contributed by atoms with Crippen LogP contribution in [-0.2, 0) is 14.4 Å². The Bertz CT molecular complexity index is 1010. The molecule has 0 heterocycles. The second-order valence-corrected chi connectivity index (χ2v) is 13.6. The molecule has 1 aromatic rings. The van der Waals surface area contributed by atoms with Crippen molar-refractivity contribution >= 4 is 35.2 Å². The summed E-state index contributed by atoms with van der Waals surface area (Å²) in [6.07, 6.45) is 14.9. The van der Waals surface area contributed by atoms with Crippen LogP contribution in [0.4, 0.5) is 5.69 Å². The van der Waals surface area contributed by atoms with Crippen LogP contribution in [0.1, 0.15) is 97.8 Å². The number of ketones is 1. The minimum atomic E-state index is -0.643. The number of carbonyl (C=O) groups is 3. The standard InChI is InChI=1S/C31H48N4O3S/c1-29(22-31(29,3)28(38)35-39-30(2)20-21-30)19-13-6-4-5-10-17-25(34-23-14-8-7-9-15-23)26(36)18-12-11-16-24(32)27(33)37/h7-9,13-15,19,24-25,34H,4-6,10-12,16-18,20-22,32H2,1-3H3,(H2,33,37)(H,35,38)/b19-13-/t24-,25-,29?,31+/m0/s1. The van der Waals surface area contributed by atoms with Crippen LogP contribution < -0.4 is 21.5 Å². The van der Waals surface area contributed by atoms with E-state index in [-0.39, 0.29) is 33.3 Å². The maximum atomic E-state index is 13.0. The van der Waals surface area contributed by atoms with Crippen molar-refractivity contribution in [3.8, 4) is 0 Å². The highest BCUT2D eigenvalue weighted by molar-refractivity contribution is 7.99. The number of Topliss-reactive ketones (excluding diaryl/α,β-unsaturated/α-hetero) is 1. The van der Waals surface area contributed by atoms with Crippen molar-refractivity contribution in [3.63, 3.8) is 0 Å². The van der Waals surface area contributed by atoms with Crippen LogP contribution in [0, 0.1) is 10.8 Å². The lowest BCUT2D eigenvalue weighted by Crippen LogP contribution is -2.36. The lowest BCUT2D eigenvalue weighted by molar-refractivity contribution is -0.124. The largest absolute Gasteiger partial charge is 0.375 e. The molecule has 0 bridgehead atoms. The van der Waals surface area contributed by atoms with Gasteiger partial charge in [-0.25, -0.2) is 0 Å². The third kappa shape index (κ3) is 9.38. The van der Waals surface area contributed by atoms with Gasteiger partial charge in [0.05, 0.1) is 17.5 Å². The Morgan fingerprint density at radius 3 is 2.36 bits per heavy atom. The quantitative estimate of drug-likeness (QED) is 0.0991. The number of anilines is 1. The second kappa shape index (κ2) is 13.8. The fraction of sp³-hybridized carbons (Fsp3) is 0.645. The zero-order valence-electron chi connectivity index (χ0n) is 24.0. The minimum absolute atomic E-state index is 0.0689. The van der Waals surface area contributed by atoms with Gasteiger partial charge in [0, 0.05) is 22.3 Å². The maximum Gasteiger partial charge on any atom is 0.236 e. The van der Waals surface area contributed by atoms with Crippen molar-refractivity contribution in [2.45, 2.75) is 115 Å². The molecule has 216 valence electrons. The van der Waals surface area contributed by atoms with E-state index in [1.165, 1.54) is 12.8 Å². The Hall–Kier alpha value is -2.32. The van der Waals surface area contributed by atoms with Crippen molar-refractivity contribution in [2.24, 2.45) is 22.3 Å². The van der Waals surface area contributed by atoms with E-state index < -0.39 is 11.9 Å². The first-order valence-corrected chi connectivity index (χ1v) is 15.4. The molecule has 39 heavy (non-hydrogen) atoms. The lowest BCUT2D eigenvalue weighted by Gasteiger charge is -2.19. The molecule has 2 aliphatic carbocycles. The molecule has 2 fully saturated rings. The van der Waals surface area contributed by atoms with Gasteiger partial charge in [0.1, 0.15) is 0 Å². The summed E-state index contributed by atoms with van der Waals surface area (Å²) >= 11 is 1.60. The highest BCUT2D eigenvalue weighted by atomic mass is 32.2. The molecule has 2 amide bonds. The summed E-state index contributed by atoms with van der Waals surface area (Å²) in [6.45, 7) is 6.46. The number of nitrogens with one attached hydrogen (secondary N) is 2. The summed E-state index contributed by atoms with van der Waals surface area (Å²) < 4.78 is 3.35. The number of carbonyl (C=O) groups excluding carboxylic acids is 3. The third-order valence-electron chi connectivity index (χ3n) is 8.61. The van der Waals surface area contributed by atoms with Crippen LogP contribution in [0.3, 0.4) is 0 Å². The average Bonchev–Trinajstić information content (AvgIpc) is 3.79. The number of primary amides is 1. The number of hydrogen-bond donors (Lipinski definition) is 4. The number of allylic oxidation sites excluding steroid dienone is 2. The van der Waals surface area contributed by atoms with Gasteiger partial charge in [-0.1, -0.05) is 56.5 Å². The van der Waals surface area contributed by atoms with E-state index in [0.29, 0.717) is 25.7 Å². The molecule has 1 aromatic carbocycles. The molecule has 0 radical (unpaired) electrons. The van der Waals surface area contributed by atoms with E-state index in [2.05, 4.69) is 43.0 Å². The number of unbranched alkanes of at least 4 members (excludes halogenated alkanes) is 4. The van der Waals surface area contributed by atoms with Crippen molar-refractivity contribution in [3.05, 3.63) is 42.5 Å². The molecule has 0 aliphatic heterocycles. The zero-order chi connectivity index (χ0) is 28.5. The predicted molar refractivity (Wildman–Crippen MR) is 161 cm³/mol. The van der Waals surface area contributed by atoms with Gasteiger partial charge < -0.3 is 16.8 Å². The number of amides is 2. The van der Waals surface area contributed by atoms with Crippen LogP contribution in [-0.4, -0.2) is 34.4 Å². The topological polar surface area (TPSA) is 127 Å². The number of benzene rings is 1. The molecule has 6 N–H and O–H groups in total. The van der Waals surface area contributed by atoms with E-state index in [4.69, 9.17) is 11.5 Å². The fourth-order valence-electron chi connectivity index (χ4n) is 4.99. The first-order chi connectivity index (χ1) is 18.5. The molecule has 2 aliphatic rings. The second-order valence-electron chi connectivity index (χ2n) is 12.2. The molecule has 7 nitrogen and oxygen atoms in total. The van der Waals surface area contributed by atoms with Crippen LogP contribution in [0.15, 0.2) is 42.5 Å². The molecule has 8 heteroatoms. The number of para-hydroxylation sites is 1. The van der Waals surface area contributed by atoms with Crippen LogP contribution in [0.25, 0.3) is 0 Å². The Balaban J connectivity index is 1.37. The monoisotopic (exact) mass is 556 g/mol. The molecule has 0 aromatic heterocycles. The lowest BCUT2D eigenvalue weighted by atomic mass is 9.94. The van der Waals surface area contributed by atoms with Crippen molar-refractivity contribution in [1.29, 1.82) is 0 Å². The SMILES string of the molecule is CC1(SNC(=O)[C@@]2(C)CC2(C)/C=C\CCCCC[C@H](Nc2ccccc2)C(=O)CCCC[C@H](N)C(N)=O)CC1. The smallest absolute Gasteiger partial charge is 0.236 e. The number of rotatable bonds is 19. The van der Waals surface area contributed by atoms with Gasteiger partial charge in [0.25, 0.3) is 0 Å². The molecule has 2 saturated carbocycles. The first-order valence-electron chi connectivity index (χ1n) is 14.5. The van der Waals surface area contributed by atoms with Crippen molar-refractivity contribution < 1.29 is 14.4 Å². The van der Waals surface area contributed by atoms with Crippen molar-refractivity contribution in [1.82, 2.24) is 4.72 Å². The Kier molecular flexibility index (Phi) is 11.1. The van der Waals surface area contributed by atoms with E-state index >= 15 is 0 Å². The van der Waals surface area contributed by atoms with Gasteiger partial charge in [0.15, 0.2) is 5.78 Å². The van der Waals surface area contributed by atoms with E-state index in [9.17, 15) is 14.4 Å². The highest BCUT2D eigenvalue weighted by Gasteiger charge is 2.64. The maximum absolute atomic E-state index is 13.0. The highest BCUT2D eigenvalue weighted by Crippen LogP contribution is 2.65. The molecule has 4 atom stereocenters. The number of nitrogens with two attached hydrogens (primary N) is 2. The predicted octanol–water partition coefficient (Wildman–Crippen LogP) is 5.65. The van der Waals surface area contributed by atoms with Crippen LogP contribution >= 0.6 is 11.9 Å². The summed E-state index contributed by atoms with van der Waals surface area (Å²) in [5.74, 6) is -0.146.